The van der Waals surface area contributed by atoms with E-state index in [2.05, 4.69) is 29.2 Å². The van der Waals surface area contributed by atoms with Gasteiger partial charge in [-0.25, -0.2) is 9.79 Å². The van der Waals surface area contributed by atoms with Crippen LogP contribution < -0.4 is 0 Å². The number of methoxy groups -OCH3 is 1. The molecule has 8 heteroatoms. The molecule has 0 heterocycles. The number of hydrogen-bond donors (Lipinski definition) is 0. The molecular formula is C20H25N3O5. The zero-order valence-electron chi connectivity index (χ0n) is 16.8. The van der Waals surface area contributed by atoms with Crippen LogP contribution in [0.25, 0.3) is 0 Å². The molecule has 2 rings (SSSR count). The van der Waals surface area contributed by atoms with Crippen LogP contribution in [0.5, 0.6) is 0 Å². The zero-order chi connectivity index (χ0) is 20.7. The molecule has 1 aromatic carbocycles. The summed E-state index contributed by atoms with van der Waals surface area (Å²) in [7, 11) is 2.62. The van der Waals surface area contributed by atoms with Gasteiger partial charge >= 0.3 is 5.97 Å². The van der Waals surface area contributed by atoms with Crippen molar-refractivity contribution in [3.05, 3.63) is 35.4 Å². The van der Waals surface area contributed by atoms with Crippen molar-refractivity contribution in [2.24, 2.45) is 26.6 Å². The summed E-state index contributed by atoms with van der Waals surface area (Å²) >= 11 is 0. The van der Waals surface area contributed by atoms with Gasteiger partial charge in [0.15, 0.2) is 5.71 Å². The summed E-state index contributed by atoms with van der Waals surface area (Å²) in [5.74, 6) is -0.185. The number of rotatable bonds is 9. The Labute approximate surface area is 164 Å². The van der Waals surface area contributed by atoms with Gasteiger partial charge in [-0.15, -0.1) is 0 Å². The molecule has 0 saturated heterocycles. The minimum absolute atomic E-state index is 0.0347. The van der Waals surface area contributed by atoms with E-state index in [1.807, 2.05) is 6.07 Å². The van der Waals surface area contributed by atoms with Crippen molar-refractivity contribution in [1.29, 1.82) is 0 Å². The van der Waals surface area contributed by atoms with Gasteiger partial charge in [-0.2, -0.15) is 0 Å². The first kappa shape index (κ1) is 21.3. The first-order valence-corrected chi connectivity index (χ1v) is 8.85. The second-order valence-electron chi connectivity index (χ2n) is 6.83. The van der Waals surface area contributed by atoms with Gasteiger partial charge in [0.25, 0.3) is 0 Å². The Kier molecular flexibility index (Phi) is 7.03. The minimum Gasteiger partial charge on any atom is -0.464 e. The second-order valence-corrected chi connectivity index (χ2v) is 6.83. The third-order valence-corrected chi connectivity index (χ3v) is 4.98. The van der Waals surface area contributed by atoms with E-state index in [1.165, 1.54) is 14.2 Å². The van der Waals surface area contributed by atoms with Crippen molar-refractivity contribution < 1.29 is 24.0 Å². The van der Waals surface area contributed by atoms with Crippen molar-refractivity contribution in [2.45, 2.75) is 33.8 Å². The first-order valence-electron chi connectivity index (χ1n) is 8.85. The summed E-state index contributed by atoms with van der Waals surface area (Å²) in [5.41, 5.74) is 2.27. The average Bonchev–Trinajstić information content (AvgIpc) is 3.31. The molecule has 0 radical (unpaired) electrons. The number of amides is 1. The van der Waals surface area contributed by atoms with Crippen molar-refractivity contribution >= 4 is 29.5 Å². The monoisotopic (exact) mass is 387 g/mol. The van der Waals surface area contributed by atoms with Crippen molar-refractivity contribution in [1.82, 2.24) is 0 Å². The third-order valence-electron chi connectivity index (χ3n) is 4.98. The van der Waals surface area contributed by atoms with E-state index >= 15 is 0 Å². The van der Waals surface area contributed by atoms with E-state index in [0.29, 0.717) is 34.9 Å². The predicted molar refractivity (Wildman–Crippen MR) is 105 cm³/mol. The molecule has 2 atom stereocenters. The summed E-state index contributed by atoms with van der Waals surface area (Å²) in [5, 5.41) is 7.89. The number of esters is 1. The minimum atomic E-state index is -0.620. The number of hydrogen-bond acceptors (Lipinski definition) is 7. The predicted octanol–water partition coefficient (Wildman–Crippen LogP) is 2.75. The Morgan fingerprint density at radius 2 is 1.96 bits per heavy atom. The zero-order valence-corrected chi connectivity index (χ0v) is 16.8. The summed E-state index contributed by atoms with van der Waals surface area (Å²) in [6.07, 6.45) is 1.48. The molecule has 1 aliphatic rings. The SMILES string of the molecule is CO/N=C(\C(=O)OC)c1ccccc1CO/N=C(/C)C(=NC=O)C1(C)CC1C. The molecule has 8 nitrogen and oxygen atoms in total. The van der Waals surface area contributed by atoms with Gasteiger partial charge in [-0.1, -0.05) is 48.4 Å². The summed E-state index contributed by atoms with van der Waals surface area (Å²) in [6.45, 7) is 6.01. The summed E-state index contributed by atoms with van der Waals surface area (Å²) < 4.78 is 4.76. The molecule has 1 saturated carbocycles. The molecule has 1 aromatic rings. The molecule has 0 bridgehead atoms. The van der Waals surface area contributed by atoms with Crippen LogP contribution in [0.2, 0.25) is 0 Å². The van der Waals surface area contributed by atoms with E-state index in [0.717, 1.165) is 6.42 Å². The first-order chi connectivity index (χ1) is 13.4. The Hall–Kier alpha value is -3.03. The molecule has 2 unspecified atom stereocenters. The van der Waals surface area contributed by atoms with Crippen LogP contribution in [-0.4, -0.2) is 43.7 Å². The lowest BCUT2D eigenvalue weighted by Crippen LogP contribution is -2.23. The van der Waals surface area contributed by atoms with Crippen LogP contribution in [0, 0.1) is 11.3 Å². The van der Waals surface area contributed by atoms with E-state index in [4.69, 9.17) is 14.4 Å². The van der Waals surface area contributed by atoms with Crippen molar-refractivity contribution in [3.63, 3.8) is 0 Å². The number of aliphatic imine (C=N–C) groups is 1. The number of carbonyl (C=O) groups excluding carboxylic acids is 2. The maximum absolute atomic E-state index is 12.0. The van der Waals surface area contributed by atoms with E-state index in [1.54, 1.807) is 25.1 Å². The Balaban J connectivity index is 2.20. The lowest BCUT2D eigenvalue weighted by Gasteiger charge is -2.13. The van der Waals surface area contributed by atoms with Gasteiger partial charge in [0, 0.05) is 16.5 Å². The molecule has 1 amide bonds. The quantitative estimate of drug-likeness (QED) is 0.281. The van der Waals surface area contributed by atoms with Crippen LogP contribution in [0.1, 0.15) is 38.3 Å². The maximum atomic E-state index is 12.0. The van der Waals surface area contributed by atoms with Crippen LogP contribution in [0.3, 0.4) is 0 Å². The van der Waals surface area contributed by atoms with Crippen molar-refractivity contribution in [2.75, 3.05) is 14.2 Å². The molecule has 0 aromatic heterocycles. The number of benzene rings is 1. The molecule has 0 spiro atoms. The lowest BCUT2D eigenvalue weighted by atomic mass is 9.96. The number of nitrogens with zero attached hydrogens (tertiary/aromatic N) is 3. The highest BCUT2D eigenvalue weighted by molar-refractivity contribution is 6.45. The average molecular weight is 387 g/mol. The fourth-order valence-electron chi connectivity index (χ4n) is 3.12. The highest BCUT2D eigenvalue weighted by Crippen LogP contribution is 2.53. The third kappa shape index (κ3) is 4.62. The molecular weight excluding hydrogens is 362 g/mol. The molecule has 1 fully saturated rings. The Bertz CT molecular complexity index is 831. The molecule has 0 aliphatic heterocycles. The summed E-state index contributed by atoms with van der Waals surface area (Å²) in [4.78, 5) is 37.1. The van der Waals surface area contributed by atoms with Gasteiger partial charge in [0.1, 0.15) is 13.7 Å². The highest BCUT2D eigenvalue weighted by Gasteiger charge is 2.51. The Morgan fingerprint density at radius 3 is 2.54 bits per heavy atom. The van der Waals surface area contributed by atoms with Crippen LogP contribution in [0.15, 0.2) is 39.6 Å². The lowest BCUT2D eigenvalue weighted by molar-refractivity contribution is -0.132. The number of carbonyl (C=O) groups is 2. The highest BCUT2D eigenvalue weighted by atomic mass is 16.6. The Morgan fingerprint density at radius 1 is 1.29 bits per heavy atom. The fourth-order valence-corrected chi connectivity index (χ4v) is 3.12. The molecule has 0 N–H and O–H groups in total. The maximum Gasteiger partial charge on any atom is 0.360 e. The fraction of sp³-hybridized carbons (Fsp3) is 0.450. The van der Waals surface area contributed by atoms with Crippen LogP contribution >= 0.6 is 0 Å². The van der Waals surface area contributed by atoms with E-state index < -0.39 is 5.97 Å². The second kappa shape index (κ2) is 9.25. The number of oxime groups is 2. The molecule has 28 heavy (non-hydrogen) atoms. The van der Waals surface area contributed by atoms with Gasteiger partial charge in [0.05, 0.1) is 18.5 Å². The number of ether oxygens (including phenoxy) is 1. The molecule has 1 aliphatic carbocycles. The molecule has 150 valence electrons. The van der Waals surface area contributed by atoms with E-state index in [-0.39, 0.29) is 17.7 Å². The van der Waals surface area contributed by atoms with Crippen LogP contribution in [-0.2, 0) is 30.6 Å². The van der Waals surface area contributed by atoms with Gasteiger partial charge in [-0.3, -0.25) is 4.79 Å². The van der Waals surface area contributed by atoms with Crippen molar-refractivity contribution in [3.8, 4) is 0 Å². The van der Waals surface area contributed by atoms with Gasteiger partial charge in [-0.05, 0) is 19.3 Å². The largest absolute Gasteiger partial charge is 0.464 e. The smallest absolute Gasteiger partial charge is 0.360 e. The van der Waals surface area contributed by atoms with E-state index in [9.17, 15) is 9.59 Å². The van der Waals surface area contributed by atoms with Gasteiger partial charge < -0.3 is 14.4 Å². The standard InChI is InChI=1S/C20H25N3O5/c1-13-10-20(13,3)18(21-12-24)14(2)22-28-11-15-8-6-7-9-16(15)17(23-27-5)19(25)26-4/h6-9,12-13H,10-11H2,1-5H3/b21-18?,22-14-,23-17-. The summed E-state index contributed by atoms with van der Waals surface area (Å²) in [6, 6.07) is 7.09. The normalized spacial score (nSPS) is 22.5. The van der Waals surface area contributed by atoms with Gasteiger partial charge in [0.2, 0.25) is 6.41 Å². The topological polar surface area (TPSA) is 98.9 Å². The van der Waals surface area contributed by atoms with Crippen LogP contribution in [0.4, 0.5) is 0 Å².